The van der Waals surface area contributed by atoms with Crippen molar-refractivity contribution in [3.05, 3.63) is 60.2 Å². The summed E-state index contributed by atoms with van der Waals surface area (Å²) in [6, 6.07) is 13.1. The van der Waals surface area contributed by atoms with Gasteiger partial charge in [0.1, 0.15) is 16.8 Å². The third kappa shape index (κ3) is 4.43. The van der Waals surface area contributed by atoms with Crippen LogP contribution in [0.4, 0.5) is 18.2 Å². The molecular formula is C22H20F3NO3S. The van der Waals surface area contributed by atoms with E-state index < -0.39 is 23.8 Å². The molecule has 0 spiro atoms. The number of rotatable bonds is 6. The van der Waals surface area contributed by atoms with Crippen molar-refractivity contribution >= 4 is 22.3 Å². The van der Waals surface area contributed by atoms with E-state index in [-0.39, 0.29) is 16.9 Å². The Morgan fingerprint density at radius 1 is 1.13 bits per heavy atom. The lowest BCUT2D eigenvalue weighted by molar-refractivity contribution is -0.141. The van der Waals surface area contributed by atoms with Gasteiger partial charge < -0.3 is 15.2 Å². The van der Waals surface area contributed by atoms with E-state index in [1.54, 1.807) is 31.2 Å². The number of hydrogen-bond donors (Lipinski definition) is 2. The van der Waals surface area contributed by atoms with Crippen molar-refractivity contribution in [1.29, 1.82) is 0 Å². The molecule has 0 fully saturated rings. The van der Waals surface area contributed by atoms with Crippen molar-refractivity contribution in [3.8, 4) is 27.3 Å². The fourth-order valence-corrected chi connectivity index (χ4v) is 4.23. The van der Waals surface area contributed by atoms with Crippen LogP contribution in [-0.2, 0) is 15.7 Å². The molecule has 2 aromatic carbocycles. The smallest absolute Gasteiger partial charge is 0.416 e. The van der Waals surface area contributed by atoms with Gasteiger partial charge in [-0.1, -0.05) is 49.4 Å². The number of nitrogens with one attached hydrogen (secondary N) is 1. The predicted molar refractivity (Wildman–Crippen MR) is 112 cm³/mol. The maximum Gasteiger partial charge on any atom is 0.416 e. The van der Waals surface area contributed by atoms with Gasteiger partial charge in [0.25, 0.3) is 0 Å². The largest absolute Gasteiger partial charge is 0.506 e. The van der Waals surface area contributed by atoms with E-state index in [9.17, 15) is 23.1 Å². The third-order valence-electron chi connectivity index (χ3n) is 4.60. The first-order valence-corrected chi connectivity index (χ1v) is 10.0. The second-order valence-corrected chi connectivity index (χ2v) is 7.58. The predicted octanol–water partition coefficient (Wildman–Crippen LogP) is 6.17. The minimum Gasteiger partial charge on any atom is -0.506 e. The maximum atomic E-state index is 13.2. The Bertz CT molecular complexity index is 1030. The Labute approximate surface area is 175 Å². The summed E-state index contributed by atoms with van der Waals surface area (Å²) in [6.07, 6.45) is -4.12. The van der Waals surface area contributed by atoms with Crippen LogP contribution in [-0.4, -0.2) is 24.2 Å². The number of thiophene rings is 1. The molecule has 1 heterocycles. The molecule has 0 aliphatic heterocycles. The molecule has 1 aromatic heterocycles. The van der Waals surface area contributed by atoms with Gasteiger partial charge >= 0.3 is 12.1 Å². The normalized spacial score (nSPS) is 12.4. The van der Waals surface area contributed by atoms with Crippen LogP contribution < -0.4 is 5.32 Å². The molecule has 2 N–H and O–H groups in total. The molecule has 0 bridgehead atoms. The molecular weight excluding hydrogens is 415 g/mol. The van der Waals surface area contributed by atoms with Crippen LogP contribution in [0, 0.1) is 0 Å². The summed E-state index contributed by atoms with van der Waals surface area (Å²) >= 11 is 1.17. The number of hydrogen-bond acceptors (Lipinski definition) is 5. The fourth-order valence-electron chi connectivity index (χ4n) is 3.06. The average Bonchev–Trinajstić information content (AvgIpc) is 3.07. The zero-order chi connectivity index (χ0) is 21.9. The highest BCUT2D eigenvalue weighted by Gasteiger charge is 2.32. The van der Waals surface area contributed by atoms with Gasteiger partial charge in [-0.25, -0.2) is 4.79 Å². The summed E-state index contributed by atoms with van der Waals surface area (Å²) in [5, 5.41) is 14.4. The molecule has 0 aliphatic carbocycles. The second-order valence-electron chi connectivity index (χ2n) is 6.56. The lowest BCUT2D eigenvalue weighted by atomic mass is 10.0. The second kappa shape index (κ2) is 8.79. The summed E-state index contributed by atoms with van der Waals surface area (Å²) in [4.78, 5) is 12.5. The van der Waals surface area contributed by atoms with Gasteiger partial charge in [-0.2, -0.15) is 13.2 Å². The van der Waals surface area contributed by atoms with Crippen molar-refractivity contribution in [2.24, 2.45) is 0 Å². The van der Waals surface area contributed by atoms with Gasteiger partial charge in [-0.05, 0) is 29.7 Å². The number of halogens is 3. The highest BCUT2D eigenvalue weighted by atomic mass is 32.1. The molecule has 158 valence electrons. The Kier molecular flexibility index (Phi) is 6.36. The van der Waals surface area contributed by atoms with Gasteiger partial charge in [-0.15, -0.1) is 11.3 Å². The minimum atomic E-state index is -4.52. The monoisotopic (exact) mass is 435 g/mol. The van der Waals surface area contributed by atoms with E-state index in [1.807, 2.05) is 6.07 Å². The van der Waals surface area contributed by atoms with Gasteiger partial charge in [0.05, 0.1) is 23.1 Å². The highest BCUT2D eigenvalue weighted by molar-refractivity contribution is 7.20. The van der Waals surface area contributed by atoms with Crippen molar-refractivity contribution < 1.29 is 27.8 Å². The molecule has 3 rings (SSSR count). The Hall–Kier alpha value is -3.00. The van der Waals surface area contributed by atoms with Crippen LogP contribution in [0.25, 0.3) is 21.6 Å². The third-order valence-corrected chi connectivity index (χ3v) is 5.76. The van der Waals surface area contributed by atoms with Crippen LogP contribution in [0.2, 0.25) is 0 Å². The number of carbonyl (C=O) groups excluding carboxylic acids is 1. The first kappa shape index (κ1) is 21.7. The first-order chi connectivity index (χ1) is 14.3. The number of alkyl halides is 3. The summed E-state index contributed by atoms with van der Waals surface area (Å²) in [7, 11) is 1.27. The number of carbonyl (C=O) groups is 1. The zero-order valence-electron chi connectivity index (χ0n) is 16.3. The molecule has 4 nitrogen and oxygen atoms in total. The van der Waals surface area contributed by atoms with E-state index in [4.69, 9.17) is 4.74 Å². The number of benzene rings is 2. The zero-order valence-corrected chi connectivity index (χ0v) is 17.1. The van der Waals surface area contributed by atoms with Crippen LogP contribution in [0.15, 0.2) is 54.6 Å². The summed E-state index contributed by atoms with van der Waals surface area (Å²) in [5.41, 5.74) is 0.306. The average molecular weight is 435 g/mol. The molecule has 0 saturated heterocycles. The molecule has 1 atom stereocenters. The fraction of sp³-hybridized carbons (Fsp3) is 0.227. The molecule has 30 heavy (non-hydrogen) atoms. The number of esters is 1. The molecule has 3 aromatic rings. The molecule has 8 heteroatoms. The van der Waals surface area contributed by atoms with E-state index in [0.717, 1.165) is 12.1 Å². The van der Waals surface area contributed by atoms with Crippen molar-refractivity contribution in [1.82, 2.24) is 0 Å². The quantitative estimate of drug-likeness (QED) is 0.455. The summed E-state index contributed by atoms with van der Waals surface area (Å²) in [5.74, 6) is -0.644. The Balaban J connectivity index is 2.17. The number of ether oxygens (including phenoxy) is 1. The van der Waals surface area contributed by atoms with Gasteiger partial charge in [-0.3, -0.25) is 0 Å². The Morgan fingerprint density at radius 2 is 1.80 bits per heavy atom. The van der Waals surface area contributed by atoms with Gasteiger partial charge in [0.15, 0.2) is 0 Å². The van der Waals surface area contributed by atoms with Crippen molar-refractivity contribution in [2.45, 2.75) is 25.6 Å². The van der Waals surface area contributed by atoms with Crippen LogP contribution >= 0.6 is 11.3 Å². The van der Waals surface area contributed by atoms with Crippen molar-refractivity contribution in [2.75, 3.05) is 12.4 Å². The van der Waals surface area contributed by atoms with E-state index in [1.165, 1.54) is 30.6 Å². The SMILES string of the molecule is CCC(Nc1sc(-c2ccccc2)c(O)c1-c1cccc(C(F)(F)F)c1)C(=O)OC. The molecule has 1 unspecified atom stereocenters. The topological polar surface area (TPSA) is 58.6 Å². The lowest BCUT2D eigenvalue weighted by Gasteiger charge is -2.16. The summed E-state index contributed by atoms with van der Waals surface area (Å²) in [6.45, 7) is 1.78. The van der Waals surface area contributed by atoms with Crippen LogP contribution in [0.3, 0.4) is 0 Å². The number of aromatic hydroxyl groups is 1. The van der Waals surface area contributed by atoms with E-state index in [2.05, 4.69) is 5.32 Å². The van der Waals surface area contributed by atoms with Gasteiger partial charge in [0, 0.05) is 0 Å². The standard InChI is InChI=1S/C22H20F3NO3S/c1-3-16(21(28)29-2)26-20-17(14-10-7-11-15(12-14)22(23,24)25)18(27)19(30-20)13-8-5-4-6-9-13/h4-12,16,26-27H,3H2,1-2H3. The highest BCUT2D eigenvalue weighted by Crippen LogP contribution is 2.51. The van der Waals surface area contributed by atoms with E-state index in [0.29, 0.717) is 21.9 Å². The first-order valence-electron chi connectivity index (χ1n) is 9.19. The molecule has 0 amide bonds. The van der Waals surface area contributed by atoms with E-state index >= 15 is 0 Å². The maximum absolute atomic E-state index is 13.2. The Morgan fingerprint density at radius 3 is 2.40 bits per heavy atom. The molecule has 0 radical (unpaired) electrons. The van der Waals surface area contributed by atoms with Crippen LogP contribution in [0.5, 0.6) is 5.75 Å². The number of methoxy groups -OCH3 is 1. The van der Waals surface area contributed by atoms with Crippen LogP contribution in [0.1, 0.15) is 18.9 Å². The number of anilines is 1. The van der Waals surface area contributed by atoms with Crippen molar-refractivity contribution in [3.63, 3.8) is 0 Å². The lowest BCUT2D eigenvalue weighted by Crippen LogP contribution is -2.29. The minimum absolute atomic E-state index is 0.146. The molecule has 0 aliphatic rings. The molecule has 0 saturated carbocycles. The summed E-state index contributed by atoms with van der Waals surface area (Å²) < 4.78 is 44.5. The van der Waals surface area contributed by atoms with Gasteiger partial charge in [0.2, 0.25) is 0 Å².